The SMILES string of the molecule is COc1ccc(/C=C(\C#N)C(=O)OCC(=O)[C@@H](C#N)c2nc(C)cs2)cc1. The molecule has 0 N–H and O–H groups in total. The Morgan fingerprint density at radius 1 is 1.30 bits per heavy atom. The number of rotatable bonds is 7. The molecule has 0 unspecified atom stereocenters. The summed E-state index contributed by atoms with van der Waals surface area (Å²) in [6, 6.07) is 10.3. The summed E-state index contributed by atoms with van der Waals surface area (Å²) < 4.78 is 9.95. The van der Waals surface area contributed by atoms with Crippen LogP contribution in [0.3, 0.4) is 0 Å². The van der Waals surface area contributed by atoms with E-state index in [1.54, 1.807) is 42.6 Å². The molecule has 1 aromatic heterocycles. The number of carbonyl (C=O) groups is 2. The summed E-state index contributed by atoms with van der Waals surface area (Å²) in [6.45, 7) is 1.14. The molecule has 0 saturated carbocycles. The fraction of sp³-hybridized carbons (Fsp3) is 0.211. The number of ketones is 1. The molecule has 136 valence electrons. The molecular weight excluding hydrogens is 366 g/mol. The lowest BCUT2D eigenvalue weighted by molar-refractivity contribution is -0.143. The molecule has 7 nitrogen and oxygen atoms in total. The standard InChI is InChI=1S/C19H15N3O4S/c1-12-11-27-18(22-12)16(9-21)17(23)10-26-19(24)14(8-20)7-13-3-5-15(25-2)6-4-13/h3-7,11,16H,10H2,1-2H3/b14-7+/t16-/m1/s1. The molecule has 1 heterocycles. The Bertz CT molecular complexity index is 949. The van der Waals surface area contributed by atoms with Crippen LogP contribution in [0.25, 0.3) is 6.08 Å². The van der Waals surface area contributed by atoms with Gasteiger partial charge in [-0.15, -0.1) is 11.3 Å². The molecule has 0 radical (unpaired) electrons. The number of aryl methyl sites for hydroxylation is 1. The van der Waals surface area contributed by atoms with Crippen LogP contribution in [-0.4, -0.2) is 30.5 Å². The molecule has 2 aromatic rings. The van der Waals surface area contributed by atoms with Gasteiger partial charge in [0.2, 0.25) is 0 Å². The van der Waals surface area contributed by atoms with E-state index in [4.69, 9.17) is 9.47 Å². The third-order valence-corrected chi connectivity index (χ3v) is 4.47. The molecular formula is C19H15N3O4S. The number of hydrogen-bond donors (Lipinski definition) is 0. The average molecular weight is 381 g/mol. The van der Waals surface area contributed by atoms with Gasteiger partial charge < -0.3 is 9.47 Å². The number of Topliss-reactive ketones (excluding diaryl/α,β-unsaturated/α-hetero) is 1. The summed E-state index contributed by atoms with van der Waals surface area (Å²) in [5, 5.41) is 20.4. The van der Waals surface area contributed by atoms with Gasteiger partial charge in [0.25, 0.3) is 0 Å². The Labute approximate surface area is 160 Å². The maximum atomic E-state index is 12.2. The molecule has 0 aliphatic rings. The van der Waals surface area contributed by atoms with Gasteiger partial charge in [0.1, 0.15) is 22.4 Å². The number of esters is 1. The van der Waals surface area contributed by atoms with E-state index < -0.39 is 24.3 Å². The lowest BCUT2D eigenvalue weighted by atomic mass is 10.1. The third-order valence-electron chi connectivity index (χ3n) is 3.45. The number of thiazole rings is 1. The number of nitrogens with zero attached hydrogens (tertiary/aromatic N) is 3. The van der Waals surface area contributed by atoms with E-state index in [-0.39, 0.29) is 5.57 Å². The van der Waals surface area contributed by atoms with E-state index in [1.165, 1.54) is 24.5 Å². The van der Waals surface area contributed by atoms with Crippen LogP contribution in [0.2, 0.25) is 0 Å². The Kier molecular flexibility index (Phi) is 6.81. The highest BCUT2D eigenvalue weighted by Crippen LogP contribution is 2.21. The summed E-state index contributed by atoms with van der Waals surface area (Å²) >= 11 is 1.19. The Morgan fingerprint density at radius 2 is 2.00 bits per heavy atom. The van der Waals surface area contributed by atoms with Crippen LogP contribution in [0.1, 0.15) is 22.2 Å². The third kappa shape index (κ3) is 5.24. The van der Waals surface area contributed by atoms with Gasteiger partial charge >= 0.3 is 5.97 Å². The smallest absolute Gasteiger partial charge is 0.349 e. The normalized spacial score (nSPS) is 11.8. The van der Waals surface area contributed by atoms with Crippen molar-refractivity contribution in [3.05, 3.63) is 51.5 Å². The van der Waals surface area contributed by atoms with Crippen LogP contribution in [0.5, 0.6) is 5.75 Å². The topological polar surface area (TPSA) is 113 Å². The maximum absolute atomic E-state index is 12.2. The van der Waals surface area contributed by atoms with Gasteiger partial charge in [-0.3, -0.25) is 4.79 Å². The van der Waals surface area contributed by atoms with Crippen molar-refractivity contribution in [1.82, 2.24) is 4.98 Å². The van der Waals surface area contributed by atoms with Crippen molar-refractivity contribution in [1.29, 1.82) is 10.5 Å². The molecule has 2 rings (SSSR count). The van der Waals surface area contributed by atoms with Crippen LogP contribution in [0.15, 0.2) is 35.2 Å². The Balaban J connectivity index is 2.03. The number of methoxy groups -OCH3 is 1. The predicted octanol–water partition coefficient (Wildman–Crippen LogP) is 2.79. The zero-order chi connectivity index (χ0) is 19.8. The van der Waals surface area contributed by atoms with Crippen molar-refractivity contribution in [3.63, 3.8) is 0 Å². The van der Waals surface area contributed by atoms with Crippen molar-refractivity contribution >= 4 is 29.2 Å². The fourth-order valence-corrected chi connectivity index (χ4v) is 2.93. The highest BCUT2D eigenvalue weighted by atomic mass is 32.1. The van der Waals surface area contributed by atoms with E-state index in [9.17, 15) is 20.1 Å². The molecule has 0 spiro atoms. The molecule has 0 saturated heterocycles. The van der Waals surface area contributed by atoms with E-state index >= 15 is 0 Å². The van der Waals surface area contributed by atoms with E-state index in [0.29, 0.717) is 22.0 Å². The van der Waals surface area contributed by atoms with Gasteiger partial charge in [-0.25, -0.2) is 9.78 Å². The first kappa shape index (κ1) is 19.8. The van der Waals surface area contributed by atoms with Gasteiger partial charge in [0.15, 0.2) is 18.3 Å². The number of hydrogen-bond acceptors (Lipinski definition) is 8. The summed E-state index contributed by atoms with van der Waals surface area (Å²) in [4.78, 5) is 28.4. The van der Waals surface area contributed by atoms with Crippen LogP contribution in [-0.2, 0) is 14.3 Å². The summed E-state index contributed by atoms with van der Waals surface area (Å²) in [6.07, 6.45) is 1.35. The zero-order valence-corrected chi connectivity index (χ0v) is 15.4. The molecule has 0 aliphatic heterocycles. The van der Waals surface area contributed by atoms with E-state index in [1.807, 2.05) is 6.07 Å². The minimum absolute atomic E-state index is 0.258. The lowest BCUT2D eigenvalue weighted by Crippen LogP contribution is -2.20. The van der Waals surface area contributed by atoms with E-state index in [2.05, 4.69) is 4.98 Å². The van der Waals surface area contributed by atoms with E-state index in [0.717, 1.165) is 0 Å². The second-order valence-electron chi connectivity index (χ2n) is 5.37. The highest BCUT2D eigenvalue weighted by Gasteiger charge is 2.25. The van der Waals surface area contributed by atoms with Crippen LogP contribution in [0, 0.1) is 29.6 Å². The fourth-order valence-electron chi connectivity index (χ4n) is 2.07. The van der Waals surface area contributed by atoms with Crippen molar-refractivity contribution in [2.24, 2.45) is 0 Å². The average Bonchev–Trinajstić information content (AvgIpc) is 3.11. The lowest BCUT2D eigenvalue weighted by Gasteiger charge is -2.06. The summed E-state index contributed by atoms with van der Waals surface area (Å²) in [5.41, 5.74) is 1.05. The van der Waals surface area contributed by atoms with Crippen molar-refractivity contribution in [2.45, 2.75) is 12.8 Å². The van der Waals surface area contributed by atoms with Crippen molar-refractivity contribution in [3.8, 4) is 17.9 Å². The predicted molar refractivity (Wildman–Crippen MR) is 97.8 cm³/mol. The van der Waals surface area contributed by atoms with Gasteiger partial charge in [-0.2, -0.15) is 10.5 Å². The minimum atomic E-state index is -1.10. The Hall–Kier alpha value is -3.49. The minimum Gasteiger partial charge on any atom is -0.497 e. The molecule has 27 heavy (non-hydrogen) atoms. The second-order valence-corrected chi connectivity index (χ2v) is 6.26. The molecule has 1 aromatic carbocycles. The van der Waals surface area contributed by atoms with Crippen molar-refractivity contribution in [2.75, 3.05) is 13.7 Å². The number of ether oxygens (including phenoxy) is 2. The summed E-state index contributed by atoms with van der Waals surface area (Å²) in [7, 11) is 1.53. The zero-order valence-electron chi connectivity index (χ0n) is 14.6. The first-order chi connectivity index (χ1) is 13.0. The van der Waals surface area contributed by atoms with Crippen LogP contribution >= 0.6 is 11.3 Å². The summed E-state index contributed by atoms with van der Waals surface area (Å²) in [5.74, 6) is -2.00. The van der Waals surface area contributed by atoms with Gasteiger partial charge in [0, 0.05) is 11.1 Å². The quantitative estimate of drug-likeness (QED) is 0.411. The molecule has 1 atom stereocenters. The molecule has 0 bridgehead atoms. The maximum Gasteiger partial charge on any atom is 0.349 e. The van der Waals surface area contributed by atoms with Crippen molar-refractivity contribution < 1.29 is 19.1 Å². The number of carbonyl (C=O) groups excluding carboxylic acids is 2. The van der Waals surface area contributed by atoms with Crippen LogP contribution < -0.4 is 4.74 Å². The number of nitriles is 2. The van der Waals surface area contributed by atoms with Crippen LogP contribution in [0.4, 0.5) is 0 Å². The van der Waals surface area contributed by atoms with Gasteiger partial charge in [-0.05, 0) is 30.7 Å². The monoisotopic (exact) mass is 381 g/mol. The largest absolute Gasteiger partial charge is 0.497 e. The number of benzene rings is 1. The molecule has 0 aliphatic carbocycles. The highest BCUT2D eigenvalue weighted by molar-refractivity contribution is 7.09. The Morgan fingerprint density at radius 3 is 2.52 bits per heavy atom. The van der Waals surface area contributed by atoms with Gasteiger partial charge in [0.05, 0.1) is 13.2 Å². The first-order valence-electron chi connectivity index (χ1n) is 7.75. The van der Waals surface area contributed by atoms with Gasteiger partial charge in [-0.1, -0.05) is 12.1 Å². The molecule has 8 heteroatoms. The molecule has 0 fully saturated rings. The second kappa shape index (κ2) is 9.27. The number of aromatic nitrogens is 1. The first-order valence-corrected chi connectivity index (χ1v) is 8.63. The molecule has 0 amide bonds.